The molecule has 0 aromatic carbocycles. The smallest absolute Gasteiger partial charge is 0.303 e. The van der Waals surface area contributed by atoms with Crippen LogP contribution in [0.15, 0.2) is 16.5 Å². The summed E-state index contributed by atoms with van der Waals surface area (Å²) in [4.78, 5) is 21.9. The van der Waals surface area contributed by atoms with Crippen LogP contribution in [0.5, 0.6) is 0 Å². The number of hydrogen-bond acceptors (Lipinski definition) is 3. The molecule has 0 aliphatic rings. The standard InChI is InChI=1S/C14H21NO4/c1-10-7-8-11(19-10)14(2,3)9-15-12(16)5-4-6-13(17)18/h7-8H,4-6,9H2,1-3H3,(H,15,16)(H,17,18). The van der Waals surface area contributed by atoms with Crippen molar-refractivity contribution in [3.8, 4) is 0 Å². The van der Waals surface area contributed by atoms with E-state index in [0.29, 0.717) is 13.0 Å². The quantitative estimate of drug-likeness (QED) is 0.794. The molecular weight excluding hydrogens is 246 g/mol. The van der Waals surface area contributed by atoms with E-state index in [4.69, 9.17) is 9.52 Å². The zero-order valence-electron chi connectivity index (χ0n) is 11.7. The largest absolute Gasteiger partial charge is 0.481 e. The molecule has 5 heteroatoms. The first-order valence-electron chi connectivity index (χ1n) is 6.37. The molecule has 5 nitrogen and oxygen atoms in total. The maximum absolute atomic E-state index is 11.6. The van der Waals surface area contributed by atoms with Crippen molar-refractivity contribution >= 4 is 11.9 Å². The first-order chi connectivity index (χ1) is 8.81. The third-order valence-corrected chi connectivity index (χ3v) is 2.93. The van der Waals surface area contributed by atoms with Crippen LogP contribution in [0.1, 0.15) is 44.6 Å². The van der Waals surface area contributed by atoms with Gasteiger partial charge in [0, 0.05) is 24.8 Å². The van der Waals surface area contributed by atoms with E-state index in [9.17, 15) is 9.59 Å². The lowest BCUT2D eigenvalue weighted by Crippen LogP contribution is -2.36. The van der Waals surface area contributed by atoms with Crippen molar-refractivity contribution in [3.05, 3.63) is 23.7 Å². The number of carboxylic acid groups (broad SMARTS) is 1. The average molecular weight is 267 g/mol. The zero-order chi connectivity index (χ0) is 14.5. The molecule has 0 unspecified atom stereocenters. The fourth-order valence-corrected chi connectivity index (χ4v) is 1.69. The van der Waals surface area contributed by atoms with Crippen molar-refractivity contribution in [2.24, 2.45) is 0 Å². The minimum atomic E-state index is -0.876. The second-order valence-electron chi connectivity index (χ2n) is 5.32. The molecule has 0 saturated carbocycles. The van der Waals surface area contributed by atoms with Gasteiger partial charge in [-0.15, -0.1) is 0 Å². The number of carbonyl (C=O) groups excluding carboxylic acids is 1. The molecule has 106 valence electrons. The summed E-state index contributed by atoms with van der Waals surface area (Å²) in [6, 6.07) is 3.80. The molecule has 1 amide bonds. The van der Waals surface area contributed by atoms with Crippen LogP contribution in [-0.2, 0) is 15.0 Å². The van der Waals surface area contributed by atoms with Crippen LogP contribution in [0.3, 0.4) is 0 Å². The predicted octanol–water partition coefficient (Wildman–Crippen LogP) is 2.24. The van der Waals surface area contributed by atoms with Gasteiger partial charge < -0.3 is 14.8 Å². The highest BCUT2D eigenvalue weighted by Gasteiger charge is 2.24. The highest BCUT2D eigenvalue weighted by molar-refractivity contribution is 5.76. The number of carboxylic acids is 1. The minimum Gasteiger partial charge on any atom is -0.481 e. The van der Waals surface area contributed by atoms with Gasteiger partial charge in [0.1, 0.15) is 11.5 Å². The Hall–Kier alpha value is -1.78. The number of rotatable bonds is 7. The van der Waals surface area contributed by atoms with E-state index in [1.807, 2.05) is 32.9 Å². The first kappa shape index (κ1) is 15.3. The van der Waals surface area contributed by atoms with E-state index >= 15 is 0 Å². The molecule has 0 saturated heterocycles. The van der Waals surface area contributed by atoms with Gasteiger partial charge in [0.05, 0.1) is 0 Å². The van der Waals surface area contributed by atoms with Gasteiger partial charge in [-0.05, 0) is 25.5 Å². The maximum Gasteiger partial charge on any atom is 0.303 e. The summed E-state index contributed by atoms with van der Waals surface area (Å²) in [6.07, 6.45) is 0.620. The lowest BCUT2D eigenvalue weighted by molar-refractivity contribution is -0.137. The molecule has 2 N–H and O–H groups in total. The molecule has 1 rings (SSSR count). The van der Waals surface area contributed by atoms with Crippen LogP contribution < -0.4 is 5.32 Å². The van der Waals surface area contributed by atoms with Crippen LogP contribution in [0.4, 0.5) is 0 Å². The molecule has 0 aliphatic heterocycles. The SMILES string of the molecule is Cc1ccc(C(C)(C)CNC(=O)CCCC(=O)O)o1. The number of aryl methyl sites for hydroxylation is 1. The summed E-state index contributed by atoms with van der Waals surface area (Å²) in [7, 11) is 0. The second kappa shape index (κ2) is 6.41. The molecule has 1 heterocycles. The molecule has 0 fully saturated rings. The van der Waals surface area contributed by atoms with E-state index in [1.165, 1.54) is 0 Å². The van der Waals surface area contributed by atoms with Crippen LogP contribution >= 0.6 is 0 Å². The van der Waals surface area contributed by atoms with E-state index < -0.39 is 5.97 Å². The molecule has 1 aromatic heterocycles. The monoisotopic (exact) mass is 267 g/mol. The van der Waals surface area contributed by atoms with Crippen LogP contribution in [-0.4, -0.2) is 23.5 Å². The lowest BCUT2D eigenvalue weighted by atomic mass is 9.90. The van der Waals surface area contributed by atoms with Crippen molar-refractivity contribution in [1.29, 1.82) is 0 Å². The number of hydrogen-bond donors (Lipinski definition) is 2. The van der Waals surface area contributed by atoms with Crippen LogP contribution in [0.2, 0.25) is 0 Å². The molecule has 0 bridgehead atoms. The van der Waals surface area contributed by atoms with Crippen LogP contribution in [0, 0.1) is 6.92 Å². The Balaban J connectivity index is 2.38. The molecule has 0 spiro atoms. The summed E-state index contributed by atoms with van der Waals surface area (Å²) in [5.74, 6) is 0.670. The summed E-state index contributed by atoms with van der Waals surface area (Å²) in [6.45, 7) is 6.32. The van der Waals surface area contributed by atoms with Crippen molar-refractivity contribution in [2.45, 2.75) is 45.4 Å². The lowest BCUT2D eigenvalue weighted by Gasteiger charge is -2.22. The van der Waals surface area contributed by atoms with Gasteiger partial charge in [0.25, 0.3) is 0 Å². The van der Waals surface area contributed by atoms with Gasteiger partial charge in [-0.25, -0.2) is 0 Å². The number of aliphatic carboxylic acids is 1. The Morgan fingerprint density at radius 3 is 2.53 bits per heavy atom. The van der Waals surface area contributed by atoms with Crippen molar-refractivity contribution < 1.29 is 19.1 Å². The summed E-state index contributed by atoms with van der Waals surface area (Å²) in [5.41, 5.74) is -0.281. The van der Waals surface area contributed by atoms with E-state index in [-0.39, 0.29) is 24.2 Å². The third-order valence-electron chi connectivity index (χ3n) is 2.93. The highest BCUT2D eigenvalue weighted by Crippen LogP contribution is 2.24. The zero-order valence-corrected chi connectivity index (χ0v) is 11.7. The Kier molecular flexibility index (Phi) is 5.15. The van der Waals surface area contributed by atoms with Gasteiger partial charge in [0.2, 0.25) is 5.91 Å². The Morgan fingerprint density at radius 1 is 1.32 bits per heavy atom. The molecule has 0 aliphatic carbocycles. The molecule has 0 radical (unpaired) electrons. The van der Waals surface area contributed by atoms with Crippen molar-refractivity contribution in [2.75, 3.05) is 6.54 Å². The molecule has 0 atom stereocenters. The Morgan fingerprint density at radius 2 is 2.00 bits per heavy atom. The Bertz CT molecular complexity index is 448. The number of amides is 1. The summed E-state index contributed by atoms with van der Waals surface area (Å²) in [5, 5.41) is 11.3. The van der Waals surface area contributed by atoms with E-state index in [2.05, 4.69) is 5.32 Å². The van der Waals surface area contributed by atoms with Crippen LogP contribution in [0.25, 0.3) is 0 Å². The summed E-state index contributed by atoms with van der Waals surface area (Å²) >= 11 is 0. The van der Waals surface area contributed by atoms with Crippen molar-refractivity contribution in [3.63, 3.8) is 0 Å². The number of nitrogens with one attached hydrogen (secondary N) is 1. The second-order valence-corrected chi connectivity index (χ2v) is 5.32. The molecular formula is C14H21NO4. The normalized spacial score (nSPS) is 11.3. The van der Waals surface area contributed by atoms with Gasteiger partial charge >= 0.3 is 5.97 Å². The van der Waals surface area contributed by atoms with Gasteiger partial charge in [-0.3, -0.25) is 9.59 Å². The Labute approximate surface area is 113 Å². The first-order valence-corrected chi connectivity index (χ1v) is 6.37. The average Bonchev–Trinajstić information content (AvgIpc) is 2.74. The number of carbonyl (C=O) groups is 2. The molecule has 1 aromatic rings. The van der Waals surface area contributed by atoms with Crippen molar-refractivity contribution in [1.82, 2.24) is 5.32 Å². The van der Waals surface area contributed by atoms with E-state index in [1.54, 1.807) is 0 Å². The number of furan rings is 1. The topological polar surface area (TPSA) is 79.5 Å². The highest BCUT2D eigenvalue weighted by atomic mass is 16.4. The van der Waals surface area contributed by atoms with E-state index in [0.717, 1.165) is 11.5 Å². The minimum absolute atomic E-state index is 0.0220. The third kappa shape index (κ3) is 5.16. The van der Waals surface area contributed by atoms with Gasteiger partial charge in [-0.1, -0.05) is 13.8 Å². The van der Waals surface area contributed by atoms with Gasteiger partial charge in [-0.2, -0.15) is 0 Å². The van der Waals surface area contributed by atoms with Gasteiger partial charge in [0.15, 0.2) is 0 Å². The predicted molar refractivity (Wildman–Crippen MR) is 71.0 cm³/mol. The maximum atomic E-state index is 11.6. The fraction of sp³-hybridized carbons (Fsp3) is 0.571. The fourth-order valence-electron chi connectivity index (χ4n) is 1.69. The summed E-state index contributed by atoms with van der Waals surface area (Å²) < 4.78 is 5.56. The molecule has 19 heavy (non-hydrogen) atoms.